The molecule has 27 heavy (non-hydrogen) atoms. The van der Waals surface area contributed by atoms with E-state index in [2.05, 4.69) is 0 Å². The minimum Gasteiger partial charge on any atom is -0.464 e. The van der Waals surface area contributed by atoms with E-state index in [9.17, 15) is 14.4 Å². The molecule has 0 aromatic carbocycles. The average Bonchev–Trinajstić information content (AvgIpc) is 3.25. The lowest BCUT2D eigenvalue weighted by Crippen LogP contribution is -2.51. The lowest BCUT2D eigenvalue weighted by Gasteiger charge is -2.31. The van der Waals surface area contributed by atoms with E-state index in [-0.39, 0.29) is 23.2 Å². The summed E-state index contributed by atoms with van der Waals surface area (Å²) in [5.41, 5.74) is -0.130. The Bertz CT molecular complexity index is 555. The van der Waals surface area contributed by atoms with E-state index >= 15 is 0 Å². The summed E-state index contributed by atoms with van der Waals surface area (Å²) in [5.74, 6) is -0.249. The van der Waals surface area contributed by atoms with Crippen LogP contribution in [-0.2, 0) is 19.1 Å². The molecule has 7 nitrogen and oxygen atoms in total. The Morgan fingerprint density at radius 1 is 0.963 bits per heavy atom. The van der Waals surface area contributed by atoms with E-state index in [1.165, 1.54) is 4.90 Å². The molecule has 2 unspecified atom stereocenters. The van der Waals surface area contributed by atoms with Crippen LogP contribution < -0.4 is 0 Å². The van der Waals surface area contributed by atoms with Crippen molar-refractivity contribution in [3.63, 3.8) is 0 Å². The molecular formula is C20H34N2O5. The fraction of sp³-hybridized carbons (Fsp3) is 0.850. The predicted octanol–water partition coefficient (Wildman–Crippen LogP) is 2.82. The summed E-state index contributed by atoms with van der Waals surface area (Å²) >= 11 is 0. The van der Waals surface area contributed by atoms with Gasteiger partial charge in [-0.05, 0) is 37.0 Å². The van der Waals surface area contributed by atoms with Crippen molar-refractivity contribution in [3.05, 3.63) is 0 Å². The van der Waals surface area contributed by atoms with Crippen LogP contribution in [0.3, 0.4) is 0 Å². The molecular weight excluding hydrogens is 348 g/mol. The molecule has 0 aromatic heterocycles. The molecule has 0 aliphatic carbocycles. The Labute approximate surface area is 162 Å². The normalized spacial score (nSPS) is 23.0. The molecule has 2 aliphatic rings. The zero-order valence-corrected chi connectivity index (χ0v) is 17.3. The Morgan fingerprint density at radius 3 is 2.15 bits per heavy atom. The maximum atomic E-state index is 13.1. The van der Waals surface area contributed by atoms with Crippen molar-refractivity contribution >= 4 is 18.0 Å². The number of likely N-dealkylation sites (tertiary alicyclic amines) is 2. The van der Waals surface area contributed by atoms with E-state index in [1.807, 2.05) is 34.6 Å². The first-order chi connectivity index (χ1) is 12.6. The van der Waals surface area contributed by atoms with E-state index in [4.69, 9.17) is 9.47 Å². The summed E-state index contributed by atoms with van der Waals surface area (Å²) in [5, 5.41) is 0. The fourth-order valence-electron chi connectivity index (χ4n) is 3.42. The van der Waals surface area contributed by atoms with Gasteiger partial charge in [0.05, 0.1) is 13.2 Å². The van der Waals surface area contributed by atoms with Crippen LogP contribution >= 0.6 is 0 Å². The number of hydrogen-bond donors (Lipinski definition) is 0. The molecule has 0 radical (unpaired) electrons. The highest BCUT2D eigenvalue weighted by molar-refractivity contribution is 5.90. The maximum Gasteiger partial charge on any atom is 0.410 e. The first kappa shape index (κ1) is 21.5. The molecule has 2 amide bonds. The summed E-state index contributed by atoms with van der Waals surface area (Å²) < 4.78 is 10.7. The van der Waals surface area contributed by atoms with Gasteiger partial charge in [-0.25, -0.2) is 9.59 Å². The van der Waals surface area contributed by atoms with Gasteiger partial charge in [0.15, 0.2) is 0 Å². The lowest BCUT2D eigenvalue weighted by atomic mass is 9.99. The zero-order valence-electron chi connectivity index (χ0n) is 17.3. The van der Waals surface area contributed by atoms with Crippen LogP contribution in [0.1, 0.15) is 60.3 Å². The minimum absolute atomic E-state index is 0.130. The van der Waals surface area contributed by atoms with Crippen LogP contribution in [0.5, 0.6) is 0 Å². The monoisotopic (exact) mass is 382 g/mol. The zero-order chi connectivity index (χ0) is 20.2. The molecule has 0 N–H and O–H groups in total. The van der Waals surface area contributed by atoms with Gasteiger partial charge in [-0.1, -0.05) is 34.6 Å². The number of esters is 1. The molecule has 2 rings (SSSR count). The van der Waals surface area contributed by atoms with Crippen LogP contribution in [0.4, 0.5) is 4.79 Å². The predicted molar refractivity (Wildman–Crippen MR) is 101 cm³/mol. The fourth-order valence-corrected chi connectivity index (χ4v) is 3.42. The van der Waals surface area contributed by atoms with Crippen molar-refractivity contribution in [1.29, 1.82) is 0 Å². The number of carbonyl (C=O) groups excluding carboxylic acids is 3. The van der Waals surface area contributed by atoms with Crippen molar-refractivity contribution in [2.45, 2.75) is 72.4 Å². The molecule has 0 aromatic rings. The molecule has 0 spiro atoms. The van der Waals surface area contributed by atoms with Gasteiger partial charge in [-0.3, -0.25) is 9.69 Å². The molecule has 0 saturated carbocycles. The van der Waals surface area contributed by atoms with Gasteiger partial charge in [-0.2, -0.15) is 0 Å². The van der Waals surface area contributed by atoms with E-state index in [0.717, 1.165) is 12.8 Å². The topological polar surface area (TPSA) is 76.2 Å². The number of amides is 2. The summed E-state index contributed by atoms with van der Waals surface area (Å²) in [4.78, 5) is 41.0. The SMILES string of the molecule is CC(C)COC(=O)C1CCCN1C(=O)C1CCCN1C(=O)OCC(C)(C)C. The van der Waals surface area contributed by atoms with Crippen molar-refractivity contribution in [3.8, 4) is 0 Å². The summed E-state index contributed by atoms with van der Waals surface area (Å²) in [6, 6.07) is -1.08. The summed E-state index contributed by atoms with van der Waals surface area (Å²) in [7, 11) is 0. The lowest BCUT2D eigenvalue weighted by molar-refractivity contribution is -0.155. The first-order valence-corrected chi connectivity index (χ1v) is 10.0. The van der Waals surface area contributed by atoms with Crippen LogP contribution in [0.2, 0.25) is 0 Å². The van der Waals surface area contributed by atoms with E-state index < -0.39 is 18.2 Å². The van der Waals surface area contributed by atoms with Gasteiger partial charge in [-0.15, -0.1) is 0 Å². The van der Waals surface area contributed by atoms with Gasteiger partial charge in [0, 0.05) is 13.1 Å². The molecule has 2 aliphatic heterocycles. The Kier molecular flexibility index (Phi) is 7.12. The molecule has 2 atom stereocenters. The van der Waals surface area contributed by atoms with Gasteiger partial charge >= 0.3 is 12.1 Å². The minimum atomic E-state index is -0.545. The second kappa shape index (κ2) is 8.93. The van der Waals surface area contributed by atoms with Crippen LogP contribution in [0, 0.1) is 11.3 Å². The number of carbonyl (C=O) groups is 3. The maximum absolute atomic E-state index is 13.1. The average molecular weight is 383 g/mol. The highest BCUT2D eigenvalue weighted by atomic mass is 16.6. The smallest absolute Gasteiger partial charge is 0.410 e. The van der Waals surface area contributed by atoms with Gasteiger partial charge in [0.25, 0.3) is 0 Å². The molecule has 2 fully saturated rings. The third-order valence-corrected chi connectivity index (χ3v) is 4.77. The largest absolute Gasteiger partial charge is 0.464 e. The van der Waals surface area contributed by atoms with E-state index in [0.29, 0.717) is 39.1 Å². The van der Waals surface area contributed by atoms with Gasteiger partial charge in [0.2, 0.25) is 5.91 Å². The van der Waals surface area contributed by atoms with Crippen LogP contribution in [0.25, 0.3) is 0 Å². The number of hydrogen-bond acceptors (Lipinski definition) is 5. The second-order valence-corrected chi connectivity index (χ2v) is 9.18. The standard InChI is InChI=1S/C20H34N2O5/c1-14(2)12-26-18(24)16-9-7-10-21(16)17(23)15-8-6-11-22(15)19(25)27-13-20(3,4)5/h14-16H,6-13H2,1-5H3. The van der Waals surface area contributed by atoms with Crippen molar-refractivity contribution in [2.24, 2.45) is 11.3 Å². The van der Waals surface area contributed by atoms with Gasteiger partial charge in [0.1, 0.15) is 12.1 Å². The molecule has 2 heterocycles. The van der Waals surface area contributed by atoms with Crippen molar-refractivity contribution in [2.75, 3.05) is 26.3 Å². The van der Waals surface area contributed by atoms with E-state index in [1.54, 1.807) is 4.90 Å². The van der Waals surface area contributed by atoms with Crippen LogP contribution in [-0.4, -0.2) is 66.2 Å². The van der Waals surface area contributed by atoms with Crippen molar-refractivity contribution in [1.82, 2.24) is 9.80 Å². The van der Waals surface area contributed by atoms with Crippen LogP contribution in [0.15, 0.2) is 0 Å². The Balaban J connectivity index is 1.99. The second-order valence-electron chi connectivity index (χ2n) is 9.18. The quantitative estimate of drug-likeness (QED) is 0.684. The summed E-state index contributed by atoms with van der Waals surface area (Å²) in [6.07, 6.45) is 2.31. The first-order valence-electron chi connectivity index (χ1n) is 10.0. The summed E-state index contributed by atoms with van der Waals surface area (Å²) in [6.45, 7) is 11.6. The number of rotatable bonds is 5. The number of ether oxygens (including phenoxy) is 2. The molecule has 0 bridgehead atoms. The molecule has 7 heteroatoms. The molecule has 2 saturated heterocycles. The van der Waals surface area contributed by atoms with Crippen molar-refractivity contribution < 1.29 is 23.9 Å². The third-order valence-electron chi connectivity index (χ3n) is 4.77. The third kappa shape index (κ3) is 5.84. The Hall–Kier alpha value is -1.79. The van der Waals surface area contributed by atoms with Gasteiger partial charge < -0.3 is 14.4 Å². The Morgan fingerprint density at radius 2 is 1.56 bits per heavy atom. The molecule has 154 valence electrons. The number of nitrogens with zero attached hydrogens (tertiary/aromatic N) is 2. The highest BCUT2D eigenvalue weighted by Gasteiger charge is 2.43. The highest BCUT2D eigenvalue weighted by Crippen LogP contribution is 2.26.